The lowest BCUT2D eigenvalue weighted by Gasteiger charge is -2.14. The van der Waals surface area contributed by atoms with E-state index in [0.717, 1.165) is 0 Å². The second kappa shape index (κ2) is 11.5. The number of nitriles is 1. The Labute approximate surface area is 183 Å². The van der Waals surface area contributed by atoms with Gasteiger partial charge in [-0.1, -0.05) is 19.9 Å². The number of carbonyl (C=O) groups excluding carboxylic acids is 1. The summed E-state index contributed by atoms with van der Waals surface area (Å²) < 4.78 is 21.9. The molecule has 0 saturated carbocycles. The van der Waals surface area contributed by atoms with Gasteiger partial charge in [0.2, 0.25) is 0 Å². The summed E-state index contributed by atoms with van der Waals surface area (Å²) in [7, 11) is 3.04. The van der Waals surface area contributed by atoms with E-state index in [-0.39, 0.29) is 5.57 Å². The van der Waals surface area contributed by atoms with Crippen LogP contribution in [0.2, 0.25) is 0 Å². The number of ether oxygens (including phenoxy) is 4. The normalized spacial score (nSPS) is 10.9. The first-order valence-electron chi connectivity index (χ1n) is 9.96. The van der Waals surface area contributed by atoms with Crippen LogP contribution in [0.15, 0.2) is 42.0 Å². The van der Waals surface area contributed by atoms with E-state index < -0.39 is 5.91 Å². The van der Waals surface area contributed by atoms with Crippen molar-refractivity contribution in [2.45, 2.75) is 20.8 Å². The van der Waals surface area contributed by atoms with Gasteiger partial charge in [-0.15, -0.1) is 0 Å². The standard InChI is InChI=1S/C24H28N2O5/c1-6-30-23-12-17(7-9-21(23)31-15-16(2)3)11-18(14-25)24(27)26-19-8-10-20(28-4)22(13-19)29-5/h7-13,16H,6,15H2,1-5H3,(H,26,27)/b18-11+. The molecule has 2 aromatic rings. The molecule has 0 aliphatic carbocycles. The maximum Gasteiger partial charge on any atom is 0.266 e. The highest BCUT2D eigenvalue weighted by atomic mass is 16.5. The minimum absolute atomic E-state index is 0.0481. The maximum atomic E-state index is 12.6. The lowest BCUT2D eigenvalue weighted by molar-refractivity contribution is -0.112. The SMILES string of the molecule is CCOc1cc(/C=C(\C#N)C(=O)Nc2ccc(OC)c(OC)c2)ccc1OCC(C)C. The summed E-state index contributed by atoms with van der Waals surface area (Å²) in [5, 5.41) is 12.2. The van der Waals surface area contributed by atoms with E-state index in [1.807, 2.05) is 13.0 Å². The van der Waals surface area contributed by atoms with Crippen LogP contribution < -0.4 is 24.3 Å². The van der Waals surface area contributed by atoms with Crippen LogP contribution in [0.25, 0.3) is 6.08 Å². The molecule has 2 aromatic carbocycles. The van der Waals surface area contributed by atoms with Crippen molar-refractivity contribution in [1.82, 2.24) is 0 Å². The second-order valence-electron chi connectivity index (χ2n) is 7.04. The molecule has 0 aromatic heterocycles. The van der Waals surface area contributed by atoms with Crippen LogP contribution in [0.4, 0.5) is 5.69 Å². The van der Waals surface area contributed by atoms with E-state index in [2.05, 4.69) is 19.2 Å². The molecule has 0 fully saturated rings. The average Bonchev–Trinajstić information content (AvgIpc) is 2.76. The molecule has 0 heterocycles. The first-order valence-corrected chi connectivity index (χ1v) is 9.96. The van der Waals surface area contributed by atoms with Gasteiger partial charge >= 0.3 is 0 Å². The van der Waals surface area contributed by atoms with E-state index in [1.54, 1.807) is 36.4 Å². The Kier molecular flexibility index (Phi) is 8.77. The van der Waals surface area contributed by atoms with Gasteiger partial charge in [0, 0.05) is 11.8 Å². The third-order valence-electron chi connectivity index (χ3n) is 4.16. The molecule has 7 heteroatoms. The molecular formula is C24H28N2O5. The molecule has 7 nitrogen and oxygen atoms in total. The number of nitrogens with zero attached hydrogens (tertiary/aromatic N) is 1. The fourth-order valence-electron chi connectivity index (χ4n) is 2.69. The van der Waals surface area contributed by atoms with Crippen molar-refractivity contribution in [2.24, 2.45) is 5.92 Å². The predicted octanol–water partition coefficient (Wildman–Crippen LogP) is 4.68. The van der Waals surface area contributed by atoms with Crippen LogP contribution >= 0.6 is 0 Å². The molecule has 0 aliphatic rings. The topological polar surface area (TPSA) is 89.8 Å². The van der Waals surface area contributed by atoms with Gasteiger partial charge in [0.15, 0.2) is 23.0 Å². The maximum absolute atomic E-state index is 12.6. The van der Waals surface area contributed by atoms with Crippen LogP contribution in [0.1, 0.15) is 26.3 Å². The van der Waals surface area contributed by atoms with Crippen molar-refractivity contribution in [1.29, 1.82) is 5.26 Å². The van der Waals surface area contributed by atoms with Crippen molar-refractivity contribution in [3.05, 3.63) is 47.5 Å². The zero-order chi connectivity index (χ0) is 22.8. The fraction of sp³-hybridized carbons (Fsp3) is 0.333. The molecule has 1 amide bonds. The van der Waals surface area contributed by atoms with Gasteiger partial charge in [-0.2, -0.15) is 5.26 Å². The fourth-order valence-corrected chi connectivity index (χ4v) is 2.69. The van der Waals surface area contributed by atoms with E-state index in [0.29, 0.717) is 53.4 Å². The Balaban J connectivity index is 2.24. The van der Waals surface area contributed by atoms with Crippen LogP contribution in [-0.2, 0) is 4.79 Å². The van der Waals surface area contributed by atoms with Gasteiger partial charge < -0.3 is 24.3 Å². The van der Waals surface area contributed by atoms with Crippen molar-refractivity contribution in [3.63, 3.8) is 0 Å². The highest BCUT2D eigenvalue weighted by molar-refractivity contribution is 6.09. The summed E-state index contributed by atoms with van der Waals surface area (Å²) in [6, 6.07) is 12.2. The number of hydrogen-bond donors (Lipinski definition) is 1. The lowest BCUT2D eigenvalue weighted by atomic mass is 10.1. The van der Waals surface area contributed by atoms with E-state index in [9.17, 15) is 10.1 Å². The number of rotatable bonds is 10. The summed E-state index contributed by atoms with van der Waals surface area (Å²) in [5.74, 6) is 2.05. The molecule has 0 bridgehead atoms. The zero-order valence-electron chi connectivity index (χ0n) is 18.5. The van der Waals surface area contributed by atoms with Crippen molar-refractivity contribution < 1.29 is 23.7 Å². The van der Waals surface area contributed by atoms with Crippen LogP contribution in [0, 0.1) is 17.2 Å². The van der Waals surface area contributed by atoms with Gasteiger partial charge in [-0.05, 0) is 48.7 Å². The Bertz CT molecular complexity index is 976. The minimum Gasteiger partial charge on any atom is -0.493 e. The van der Waals surface area contributed by atoms with Crippen LogP contribution in [0.5, 0.6) is 23.0 Å². The second-order valence-corrected chi connectivity index (χ2v) is 7.04. The molecule has 31 heavy (non-hydrogen) atoms. The molecule has 0 unspecified atom stereocenters. The summed E-state index contributed by atoms with van der Waals surface area (Å²) >= 11 is 0. The van der Waals surface area contributed by atoms with Gasteiger partial charge in [0.1, 0.15) is 11.6 Å². The third kappa shape index (κ3) is 6.68. The number of anilines is 1. The van der Waals surface area contributed by atoms with Crippen LogP contribution in [0.3, 0.4) is 0 Å². The quantitative estimate of drug-likeness (QED) is 0.440. The van der Waals surface area contributed by atoms with E-state index >= 15 is 0 Å². The molecule has 0 spiro atoms. The Hall–Kier alpha value is -3.66. The van der Waals surface area contributed by atoms with Crippen LogP contribution in [-0.4, -0.2) is 33.3 Å². The molecular weight excluding hydrogens is 396 g/mol. The monoisotopic (exact) mass is 424 g/mol. The number of hydrogen-bond acceptors (Lipinski definition) is 6. The molecule has 1 N–H and O–H groups in total. The number of nitrogens with one attached hydrogen (secondary N) is 1. The minimum atomic E-state index is -0.534. The van der Waals surface area contributed by atoms with Crippen molar-refractivity contribution in [2.75, 3.05) is 32.8 Å². The predicted molar refractivity (Wildman–Crippen MR) is 120 cm³/mol. The van der Waals surface area contributed by atoms with Crippen molar-refractivity contribution in [3.8, 4) is 29.1 Å². The number of amides is 1. The molecule has 0 aliphatic heterocycles. The van der Waals surface area contributed by atoms with E-state index in [4.69, 9.17) is 18.9 Å². The number of methoxy groups -OCH3 is 2. The highest BCUT2D eigenvalue weighted by Gasteiger charge is 2.13. The molecule has 0 radical (unpaired) electrons. The Morgan fingerprint density at radius 3 is 2.35 bits per heavy atom. The highest BCUT2D eigenvalue weighted by Crippen LogP contribution is 2.31. The smallest absolute Gasteiger partial charge is 0.266 e. The molecule has 0 atom stereocenters. The van der Waals surface area contributed by atoms with Gasteiger partial charge in [-0.25, -0.2) is 0 Å². The van der Waals surface area contributed by atoms with Gasteiger partial charge in [0.25, 0.3) is 5.91 Å². The number of benzene rings is 2. The zero-order valence-corrected chi connectivity index (χ0v) is 18.5. The first-order chi connectivity index (χ1) is 14.9. The number of carbonyl (C=O) groups is 1. The third-order valence-corrected chi connectivity index (χ3v) is 4.16. The molecule has 2 rings (SSSR count). The Morgan fingerprint density at radius 1 is 1.03 bits per heavy atom. The summed E-state index contributed by atoms with van der Waals surface area (Å²) in [6.07, 6.45) is 1.50. The van der Waals surface area contributed by atoms with Gasteiger partial charge in [-0.3, -0.25) is 4.79 Å². The summed E-state index contributed by atoms with van der Waals surface area (Å²) in [5.41, 5.74) is 1.09. The summed E-state index contributed by atoms with van der Waals surface area (Å²) in [6.45, 7) is 7.04. The lowest BCUT2D eigenvalue weighted by Crippen LogP contribution is -2.13. The largest absolute Gasteiger partial charge is 0.493 e. The Morgan fingerprint density at radius 2 is 1.74 bits per heavy atom. The van der Waals surface area contributed by atoms with E-state index in [1.165, 1.54) is 20.3 Å². The average molecular weight is 424 g/mol. The first kappa shape index (κ1) is 23.6. The van der Waals surface area contributed by atoms with Gasteiger partial charge in [0.05, 0.1) is 27.4 Å². The molecule has 164 valence electrons. The molecule has 0 saturated heterocycles. The summed E-state index contributed by atoms with van der Waals surface area (Å²) in [4.78, 5) is 12.6. The van der Waals surface area contributed by atoms with Crippen molar-refractivity contribution >= 4 is 17.7 Å².